The van der Waals surface area contributed by atoms with E-state index in [1.54, 1.807) is 20.8 Å². The molecule has 18 heavy (non-hydrogen) atoms. The molecule has 1 rings (SSSR count). The van der Waals surface area contributed by atoms with Crippen molar-refractivity contribution in [2.75, 3.05) is 13.1 Å². The first kappa shape index (κ1) is 14.5. The third-order valence-electron chi connectivity index (χ3n) is 2.63. The highest BCUT2D eigenvalue weighted by Gasteiger charge is 2.33. The van der Waals surface area contributed by atoms with E-state index in [2.05, 4.69) is 0 Å². The molecule has 1 heterocycles. The van der Waals surface area contributed by atoms with E-state index in [1.165, 1.54) is 4.90 Å². The number of hydrogen-bond acceptors (Lipinski definition) is 4. The summed E-state index contributed by atoms with van der Waals surface area (Å²) in [5, 5.41) is 8.91. The monoisotopic (exact) mass is 257 g/mol. The average Bonchev–Trinajstić information content (AvgIpc) is 2.26. The second-order valence-electron chi connectivity index (χ2n) is 5.43. The molecule has 0 aromatic heterocycles. The lowest BCUT2D eigenvalue weighted by Crippen LogP contribution is -2.46. The SMILES string of the molecule is CC(C)(C)OC(=O)C(=O)N1CCC[C@H](C(=O)O)C1. The topological polar surface area (TPSA) is 83.9 Å². The first-order valence-corrected chi connectivity index (χ1v) is 5.96. The number of aliphatic carboxylic acids is 1. The van der Waals surface area contributed by atoms with E-state index in [0.29, 0.717) is 19.4 Å². The minimum absolute atomic E-state index is 0.0768. The van der Waals surface area contributed by atoms with Gasteiger partial charge in [0, 0.05) is 13.1 Å². The largest absolute Gasteiger partial charge is 0.481 e. The lowest BCUT2D eigenvalue weighted by Gasteiger charge is -2.30. The molecule has 1 fully saturated rings. The molecular weight excluding hydrogens is 238 g/mol. The average molecular weight is 257 g/mol. The van der Waals surface area contributed by atoms with E-state index >= 15 is 0 Å². The number of carboxylic acids is 1. The van der Waals surface area contributed by atoms with Crippen LogP contribution in [-0.2, 0) is 19.1 Å². The summed E-state index contributed by atoms with van der Waals surface area (Å²) in [4.78, 5) is 35.5. The summed E-state index contributed by atoms with van der Waals surface area (Å²) < 4.78 is 4.97. The van der Waals surface area contributed by atoms with E-state index in [9.17, 15) is 14.4 Å². The minimum atomic E-state index is -0.934. The zero-order valence-corrected chi connectivity index (χ0v) is 10.9. The molecule has 1 aliphatic rings. The summed E-state index contributed by atoms with van der Waals surface area (Å²) >= 11 is 0. The van der Waals surface area contributed by atoms with Crippen LogP contribution in [0, 0.1) is 5.92 Å². The van der Waals surface area contributed by atoms with Crippen molar-refractivity contribution in [1.82, 2.24) is 4.90 Å². The van der Waals surface area contributed by atoms with Crippen molar-refractivity contribution in [2.45, 2.75) is 39.2 Å². The smallest absolute Gasteiger partial charge is 0.397 e. The quantitative estimate of drug-likeness (QED) is 0.551. The van der Waals surface area contributed by atoms with Gasteiger partial charge in [-0.15, -0.1) is 0 Å². The molecule has 1 amide bonds. The first-order chi connectivity index (χ1) is 8.20. The molecule has 102 valence electrons. The first-order valence-electron chi connectivity index (χ1n) is 5.96. The number of esters is 1. The maximum Gasteiger partial charge on any atom is 0.397 e. The number of likely N-dealkylation sites (tertiary alicyclic amines) is 1. The molecule has 0 unspecified atom stereocenters. The number of ether oxygens (including phenoxy) is 1. The van der Waals surface area contributed by atoms with E-state index in [-0.39, 0.29) is 6.54 Å². The number of hydrogen-bond donors (Lipinski definition) is 1. The molecule has 0 aromatic carbocycles. The number of carbonyl (C=O) groups is 3. The molecule has 1 atom stereocenters. The Hall–Kier alpha value is -1.59. The summed E-state index contributed by atoms with van der Waals surface area (Å²) in [6.07, 6.45) is 1.12. The second-order valence-corrected chi connectivity index (χ2v) is 5.43. The van der Waals surface area contributed by atoms with Gasteiger partial charge < -0.3 is 14.7 Å². The van der Waals surface area contributed by atoms with E-state index in [0.717, 1.165) is 0 Å². The van der Waals surface area contributed by atoms with E-state index < -0.39 is 29.4 Å². The molecule has 0 saturated carbocycles. The van der Waals surface area contributed by atoms with Crippen molar-refractivity contribution >= 4 is 17.8 Å². The van der Waals surface area contributed by atoms with Crippen LogP contribution in [0.25, 0.3) is 0 Å². The number of carboxylic acid groups (broad SMARTS) is 1. The molecule has 6 heteroatoms. The van der Waals surface area contributed by atoms with Crippen LogP contribution in [-0.4, -0.2) is 46.5 Å². The standard InChI is InChI=1S/C12H19NO5/c1-12(2,3)18-11(17)9(14)13-6-4-5-8(7-13)10(15)16/h8H,4-7H2,1-3H3,(H,15,16)/t8-/m0/s1. The van der Waals surface area contributed by atoms with Gasteiger partial charge in [-0.25, -0.2) is 4.79 Å². The third-order valence-corrected chi connectivity index (χ3v) is 2.63. The fraction of sp³-hybridized carbons (Fsp3) is 0.750. The number of amides is 1. The Balaban J connectivity index is 2.61. The van der Waals surface area contributed by atoms with Crippen molar-refractivity contribution in [3.05, 3.63) is 0 Å². The highest BCUT2D eigenvalue weighted by Crippen LogP contribution is 2.17. The Kier molecular flexibility index (Phi) is 4.32. The zero-order chi connectivity index (χ0) is 13.9. The number of carbonyl (C=O) groups excluding carboxylic acids is 2. The van der Waals surface area contributed by atoms with Crippen LogP contribution in [0.5, 0.6) is 0 Å². The summed E-state index contributed by atoms with van der Waals surface area (Å²) in [6, 6.07) is 0. The Labute approximate surface area is 106 Å². The van der Waals surface area contributed by atoms with Crippen LogP contribution in [0.1, 0.15) is 33.6 Å². The number of nitrogens with zero attached hydrogens (tertiary/aromatic N) is 1. The van der Waals surface area contributed by atoms with Crippen LogP contribution < -0.4 is 0 Å². The van der Waals surface area contributed by atoms with Gasteiger partial charge in [0.2, 0.25) is 0 Å². The van der Waals surface area contributed by atoms with Crippen LogP contribution in [0.3, 0.4) is 0 Å². The lowest BCUT2D eigenvalue weighted by molar-refractivity contribution is -0.169. The Bertz CT molecular complexity index is 358. The van der Waals surface area contributed by atoms with Crippen molar-refractivity contribution < 1.29 is 24.2 Å². The lowest BCUT2D eigenvalue weighted by atomic mass is 9.98. The minimum Gasteiger partial charge on any atom is -0.481 e. The number of piperidine rings is 1. The maximum absolute atomic E-state index is 11.8. The van der Waals surface area contributed by atoms with Gasteiger partial charge in [-0.2, -0.15) is 0 Å². The molecule has 0 radical (unpaired) electrons. The van der Waals surface area contributed by atoms with Gasteiger partial charge in [-0.1, -0.05) is 0 Å². The maximum atomic E-state index is 11.8. The van der Waals surface area contributed by atoms with Gasteiger partial charge in [0.1, 0.15) is 5.60 Å². The molecule has 1 aliphatic heterocycles. The third kappa shape index (κ3) is 4.01. The van der Waals surface area contributed by atoms with Gasteiger partial charge in [0.15, 0.2) is 0 Å². The molecule has 0 spiro atoms. The summed E-state index contributed by atoms with van der Waals surface area (Å²) in [7, 11) is 0. The van der Waals surface area contributed by atoms with Crippen molar-refractivity contribution in [2.24, 2.45) is 5.92 Å². The molecule has 0 aliphatic carbocycles. The predicted octanol–water partition coefficient (Wildman–Crippen LogP) is 0.651. The van der Waals surface area contributed by atoms with E-state index in [4.69, 9.17) is 9.84 Å². The Morgan fingerprint density at radius 2 is 1.89 bits per heavy atom. The predicted molar refractivity (Wildman–Crippen MR) is 62.8 cm³/mol. The summed E-state index contributed by atoms with van der Waals surface area (Å²) in [5.41, 5.74) is -0.727. The van der Waals surface area contributed by atoms with Gasteiger partial charge in [-0.05, 0) is 33.6 Å². The zero-order valence-electron chi connectivity index (χ0n) is 10.9. The van der Waals surface area contributed by atoms with Gasteiger partial charge in [0.05, 0.1) is 5.92 Å². The Morgan fingerprint density at radius 3 is 2.39 bits per heavy atom. The van der Waals surface area contributed by atoms with Crippen LogP contribution in [0.15, 0.2) is 0 Å². The van der Waals surface area contributed by atoms with Crippen LogP contribution in [0.4, 0.5) is 0 Å². The fourth-order valence-corrected chi connectivity index (χ4v) is 1.81. The highest BCUT2D eigenvalue weighted by molar-refractivity contribution is 6.32. The highest BCUT2D eigenvalue weighted by atomic mass is 16.6. The van der Waals surface area contributed by atoms with Crippen molar-refractivity contribution in [3.63, 3.8) is 0 Å². The van der Waals surface area contributed by atoms with Gasteiger partial charge in [-0.3, -0.25) is 9.59 Å². The molecule has 0 aromatic rings. The molecular formula is C12H19NO5. The molecule has 1 saturated heterocycles. The molecule has 6 nitrogen and oxygen atoms in total. The second kappa shape index (κ2) is 5.37. The van der Waals surface area contributed by atoms with Gasteiger partial charge >= 0.3 is 17.8 Å². The normalized spacial score (nSPS) is 20.4. The summed E-state index contributed by atoms with van der Waals surface area (Å²) in [5.74, 6) is -3.20. The Morgan fingerprint density at radius 1 is 1.28 bits per heavy atom. The fourth-order valence-electron chi connectivity index (χ4n) is 1.81. The molecule has 1 N–H and O–H groups in total. The summed E-state index contributed by atoms with van der Waals surface area (Å²) in [6.45, 7) is 5.51. The van der Waals surface area contributed by atoms with Crippen LogP contribution >= 0.6 is 0 Å². The van der Waals surface area contributed by atoms with Crippen molar-refractivity contribution in [1.29, 1.82) is 0 Å². The number of rotatable bonds is 1. The molecule has 0 bridgehead atoms. The van der Waals surface area contributed by atoms with Gasteiger partial charge in [0.25, 0.3) is 0 Å². The van der Waals surface area contributed by atoms with Crippen molar-refractivity contribution in [3.8, 4) is 0 Å². The van der Waals surface area contributed by atoms with E-state index in [1.807, 2.05) is 0 Å². The van der Waals surface area contributed by atoms with Crippen LogP contribution in [0.2, 0.25) is 0 Å².